The molecule has 0 spiro atoms. The van der Waals surface area contributed by atoms with Crippen molar-refractivity contribution in [3.63, 3.8) is 0 Å². The smallest absolute Gasteiger partial charge is 0.324 e. The fraction of sp³-hybridized carbons (Fsp3) is 0.875. The molecule has 0 aliphatic rings. The van der Waals surface area contributed by atoms with Crippen LogP contribution in [0, 0.1) is 5.41 Å². The van der Waals surface area contributed by atoms with Crippen LogP contribution in [0.15, 0.2) is 0 Å². The molecule has 0 saturated carbocycles. The molecule has 0 aromatic heterocycles. The maximum atomic E-state index is 10.8. The van der Waals surface area contributed by atoms with Gasteiger partial charge in [0.25, 0.3) is 0 Å². The normalized spacial score (nSPS) is 17.5. The lowest BCUT2D eigenvalue weighted by atomic mass is 9.73. The standard InChI is InChI=1S/C8H17NO2/c1-5-8(9,6(10)11)7(2,3)4/h5,9H2,1-4H3,(H,10,11)/t8-/m0/s1. The molecule has 0 amide bonds. The van der Waals surface area contributed by atoms with Gasteiger partial charge < -0.3 is 10.8 Å². The SMILES string of the molecule is CC[C@](N)(C(=O)O)C(C)(C)C. The summed E-state index contributed by atoms with van der Waals surface area (Å²) >= 11 is 0. The minimum absolute atomic E-state index is 0.395. The van der Waals surface area contributed by atoms with Crippen molar-refractivity contribution >= 4 is 5.97 Å². The first-order valence-corrected chi connectivity index (χ1v) is 3.78. The molecule has 3 N–H and O–H groups in total. The lowest BCUT2D eigenvalue weighted by Gasteiger charge is -2.36. The summed E-state index contributed by atoms with van der Waals surface area (Å²) in [6.07, 6.45) is 0.450. The Hall–Kier alpha value is -0.570. The first kappa shape index (κ1) is 10.4. The van der Waals surface area contributed by atoms with Crippen molar-refractivity contribution < 1.29 is 9.90 Å². The second-order valence-electron chi connectivity index (χ2n) is 3.88. The van der Waals surface area contributed by atoms with E-state index >= 15 is 0 Å². The monoisotopic (exact) mass is 159 g/mol. The van der Waals surface area contributed by atoms with Gasteiger partial charge in [0.05, 0.1) is 0 Å². The summed E-state index contributed by atoms with van der Waals surface area (Å²) in [7, 11) is 0. The molecule has 0 rings (SSSR count). The van der Waals surface area contributed by atoms with Crippen LogP contribution in [0.3, 0.4) is 0 Å². The van der Waals surface area contributed by atoms with Gasteiger partial charge >= 0.3 is 5.97 Å². The maximum Gasteiger partial charge on any atom is 0.324 e. The molecule has 0 bridgehead atoms. The van der Waals surface area contributed by atoms with Gasteiger partial charge in [0.2, 0.25) is 0 Å². The van der Waals surface area contributed by atoms with Crippen molar-refractivity contribution in [3.8, 4) is 0 Å². The highest BCUT2D eigenvalue weighted by Gasteiger charge is 2.43. The summed E-state index contributed by atoms with van der Waals surface area (Å²) in [5.41, 5.74) is 4.22. The molecule has 0 heterocycles. The van der Waals surface area contributed by atoms with Crippen LogP contribution in [-0.4, -0.2) is 16.6 Å². The molecule has 0 unspecified atom stereocenters. The van der Waals surface area contributed by atoms with E-state index in [1.54, 1.807) is 6.92 Å². The van der Waals surface area contributed by atoms with E-state index < -0.39 is 16.9 Å². The molecule has 3 heteroatoms. The average Bonchev–Trinajstić information content (AvgIpc) is 1.83. The minimum Gasteiger partial charge on any atom is -0.480 e. The third-order valence-electron chi connectivity index (χ3n) is 2.28. The molecule has 0 fully saturated rings. The van der Waals surface area contributed by atoms with E-state index in [4.69, 9.17) is 10.8 Å². The van der Waals surface area contributed by atoms with Crippen LogP contribution in [0.4, 0.5) is 0 Å². The summed E-state index contributed by atoms with van der Waals surface area (Å²) in [6.45, 7) is 7.30. The fourth-order valence-electron chi connectivity index (χ4n) is 1.00. The average molecular weight is 159 g/mol. The second-order valence-corrected chi connectivity index (χ2v) is 3.88. The Kier molecular flexibility index (Phi) is 2.67. The van der Waals surface area contributed by atoms with E-state index in [1.165, 1.54) is 0 Å². The van der Waals surface area contributed by atoms with Crippen LogP contribution in [-0.2, 0) is 4.79 Å². The van der Waals surface area contributed by atoms with Gasteiger partial charge in [-0.05, 0) is 11.8 Å². The zero-order chi connectivity index (χ0) is 9.28. The summed E-state index contributed by atoms with van der Waals surface area (Å²) in [4.78, 5) is 10.8. The first-order chi connectivity index (χ1) is 4.75. The summed E-state index contributed by atoms with van der Waals surface area (Å²) in [5, 5.41) is 8.84. The van der Waals surface area contributed by atoms with Crippen molar-refractivity contribution in [2.75, 3.05) is 0 Å². The molecule has 11 heavy (non-hydrogen) atoms. The topological polar surface area (TPSA) is 63.3 Å². The highest BCUT2D eigenvalue weighted by molar-refractivity contribution is 5.79. The fourth-order valence-corrected chi connectivity index (χ4v) is 1.00. The Morgan fingerprint density at radius 2 is 1.82 bits per heavy atom. The Morgan fingerprint density at radius 1 is 1.45 bits per heavy atom. The molecule has 3 nitrogen and oxygen atoms in total. The molecule has 0 aromatic rings. The van der Waals surface area contributed by atoms with Gasteiger partial charge in [-0.1, -0.05) is 27.7 Å². The van der Waals surface area contributed by atoms with Gasteiger partial charge in [0, 0.05) is 0 Å². The van der Waals surface area contributed by atoms with E-state index in [0.717, 1.165) is 0 Å². The van der Waals surface area contributed by atoms with Gasteiger partial charge in [0.1, 0.15) is 5.54 Å². The predicted molar refractivity (Wildman–Crippen MR) is 44.3 cm³/mol. The van der Waals surface area contributed by atoms with E-state index in [9.17, 15) is 4.79 Å². The third-order valence-corrected chi connectivity index (χ3v) is 2.28. The van der Waals surface area contributed by atoms with Gasteiger partial charge in [0.15, 0.2) is 0 Å². The molecular weight excluding hydrogens is 142 g/mol. The van der Waals surface area contributed by atoms with Crippen LogP contribution in [0.2, 0.25) is 0 Å². The molecule has 0 aromatic carbocycles. The van der Waals surface area contributed by atoms with E-state index in [0.29, 0.717) is 6.42 Å². The molecule has 0 saturated heterocycles. The number of carboxylic acid groups (broad SMARTS) is 1. The number of carboxylic acids is 1. The van der Waals surface area contributed by atoms with Crippen LogP contribution in [0.5, 0.6) is 0 Å². The third kappa shape index (κ3) is 1.71. The van der Waals surface area contributed by atoms with Crippen LogP contribution in [0.1, 0.15) is 34.1 Å². The highest BCUT2D eigenvalue weighted by Crippen LogP contribution is 2.30. The van der Waals surface area contributed by atoms with Crippen LogP contribution in [0.25, 0.3) is 0 Å². The largest absolute Gasteiger partial charge is 0.480 e. The van der Waals surface area contributed by atoms with Crippen molar-refractivity contribution in [2.45, 2.75) is 39.7 Å². The Balaban J connectivity index is 4.75. The van der Waals surface area contributed by atoms with Gasteiger partial charge in [-0.3, -0.25) is 4.79 Å². The zero-order valence-corrected chi connectivity index (χ0v) is 7.64. The van der Waals surface area contributed by atoms with Crippen molar-refractivity contribution in [2.24, 2.45) is 11.1 Å². The van der Waals surface area contributed by atoms with E-state index in [2.05, 4.69) is 0 Å². The molecule has 0 aliphatic heterocycles. The highest BCUT2D eigenvalue weighted by atomic mass is 16.4. The van der Waals surface area contributed by atoms with Crippen molar-refractivity contribution in [3.05, 3.63) is 0 Å². The number of hydrogen-bond acceptors (Lipinski definition) is 2. The number of aliphatic carboxylic acids is 1. The van der Waals surface area contributed by atoms with Crippen LogP contribution >= 0.6 is 0 Å². The first-order valence-electron chi connectivity index (χ1n) is 3.78. The zero-order valence-electron chi connectivity index (χ0n) is 7.64. The minimum atomic E-state index is -1.10. The quantitative estimate of drug-likeness (QED) is 0.636. The number of nitrogens with two attached hydrogens (primary N) is 1. The van der Waals surface area contributed by atoms with E-state index in [-0.39, 0.29) is 0 Å². The number of rotatable bonds is 2. The molecule has 1 atom stereocenters. The predicted octanol–water partition coefficient (Wildman–Crippen LogP) is 1.22. The molecule has 66 valence electrons. The van der Waals surface area contributed by atoms with Gasteiger partial charge in [-0.15, -0.1) is 0 Å². The maximum absolute atomic E-state index is 10.8. The van der Waals surface area contributed by atoms with Gasteiger partial charge in [-0.25, -0.2) is 0 Å². The lowest BCUT2D eigenvalue weighted by molar-refractivity contribution is -0.147. The Morgan fingerprint density at radius 3 is 1.82 bits per heavy atom. The number of carbonyl (C=O) groups is 1. The van der Waals surface area contributed by atoms with Crippen molar-refractivity contribution in [1.82, 2.24) is 0 Å². The summed E-state index contributed by atoms with van der Waals surface area (Å²) < 4.78 is 0. The van der Waals surface area contributed by atoms with Crippen molar-refractivity contribution in [1.29, 1.82) is 0 Å². The Bertz CT molecular complexity index is 160. The van der Waals surface area contributed by atoms with Crippen LogP contribution < -0.4 is 5.73 Å². The molecule has 0 aliphatic carbocycles. The Labute approximate surface area is 67.6 Å². The summed E-state index contributed by atoms with van der Waals surface area (Å²) in [5.74, 6) is -0.924. The lowest BCUT2D eigenvalue weighted by Crippen LogP contribution is -2.57. The van der Waals surface area contributed by atoms with Gasteiger partial charge in [-0.2, -0.15) is 0 Å². The summed E-state index contributed by atoms with van der Waals surface area (Å²) in [6, 6.07) is 0. The number of hydrogen-bond donors (Lipinski definition) is 2. The molecule has 0 radical (unpaired) electrons. The van der Waals surface area contributed by atoms with E-state index in [1.807, 2.05) is 20.8 Å². The second kappa shape index (κ2) is 2.81. The molecular formula is C8H17NO2.